The lowest BCUT2D eigenvalue weighted by Gasteiger charge is -2.03. The maximum Gasteiger partial charge on any atom is 0.297 e. The van der Waals surface area contributed by atoms with Crippen LogP contribution in [0.4, 0.5) is 5.82 Å². The molecule has 1 rings (SSSR count). The minimum absolute atomic E-state index is 0.0657. The van der Waals surface area contributed by atoms with Crippen molar-refractivity contribution in [3.05, 3.63) is 18.1 Å². The van der Waals surface area contributed by atoms with E-state index < -0.39 is 5.91 Å². The normalized spacial score (nSPS) is 9.62. The summed E-state index contributed by atoms with van der Waals surface area (Å²) in [5.74, 6) is -0.410. The molecule has 0 atom stereocenters. The number of carbonyl (C=O) groups is 1. The number of hydrogen-bond donors (Lipinski definition) is 2. The zero-order valence-electron chi connectivity index (χ0n) is 7.15. The molecule has 6 heteroatoms. The summed E-state index contributed by atoms with van der Waals surface area (Å²) in [6, 6.07) is 0. The van der Waals surface area contributed by atoms with Crippen molar-refractivity contribution in [3.63, 3.8) is 0 Å². The topological polar surface area (TPSA) is 90.1 Å². The largest absolute Gasteiger partial charge is 0.382 e. The number of aromatic nitrogens is 2. The van der Waals surface area contributed by atoms with Crippen LogP contribution in [0.2, 0.25) is 0 Å². The van der Waals surface area contributed by atoms with Crippen LogP contribution >= 0.6 is 0 Å². The predicted molar refractivity (Wildman–Crippen MR) is 45.5 cm³/mol. The third-order valence-electron chi connectivity index (χ3n) is 1.25. The van der Waals surface area contributed by atoms with Gasteiger partial charge in [0.25, 0.3) is 5.91 Å². The van der Waals surface area contributed by atoms with E-state index in [1.165, 1.54) is 12.4 Å². The average molecular weight is 182 g/mol. The van der Waals surface area contributed by atoms with Crippen molar-refractivity contribution in [1.29, 1.82) is 0 Å². The van der Waals surface area contributed by atoms with E-state index in [0.29, 0.717) is 6.61 Å². The molecule has 0 aromatic carbocycles. The molecule has 0 fully saturated rings. The number of amides is 1. The van der Waals surface area contributed by atoms with Crippen molar-refractivity contribution >= 4 is 11.7 Å². The lowest BCUT2D eigenvalue weighted by molar-refractivity contribution is 0.0360. The Hall–Kier alpha value is -1.69. The molecule has 0 spiro atoms. The van der Waals surface area contributed by atoms with E-state index >= 15 is 0 Å². The Labute approximate surface area is 75.1 Å². The molecule has 0 unspecified atom stereocenters. The van der Waals surface area contributed by atoms with Gasteiger partial charge in [-0.3, -0.25) is 9.63 Å². The molecule has 0 radical (unpaired) electrons. The standard InChI is InChI=1S/C7H10N4O2/c1-2-13-11-7(12)5-6(8)10-4-3-9-5/h3-4H,2H2,1H3,(H2,8,10)(H,11,12). The first-order chi connectivity index (χ1) is 6.25. The Kier molecular flexibility index (Phi) is 3.15. The van der Waals surface area contributed by atoms with Crippen LogP contribution in [0.25, 0.3) is 0 Å². The van der Waals surface area contributed by atoms with Gasteiger partial charge in [0.15, 0.2) is 11.5 Å². The quantitative estimate of drug-likeness (QED) is 0.628. The van der Waals surface area contributed by atoms with Crippen LogP contribution in [0, 0.1) is 0 Å². The molecule has 0 bridgehead atoms. The van der Waals surface area contributed by atoms with E-state index in [2.05, 4.69) is 20.3 Å². The van der Waals surface area contributed by atoms with E-state index in [-0.39, 0.29) is 11.5 Å². The number of nitrogens with two attached hydrogens (primary N) is 1. The average Bonchev–Trinajstić information content (AvgIpc) is 2.15. The predicted octanol–water partition coefficient (Wildman–Crippen LogP) is -0.260. The van der Waals surface area contributed by atoms with Crippen molar-refractivity contribution in [1.82, 2.24) is 15.4 Å². The van der Waals surface area contributed by atoms with Crippen molar-refractivity contribution in [2.75, 3.05) is 12.3 Å². The highest BCUT2D eigenvalue weighted by Gasteiger charge is 2.10. The molecular formula is C7H10N4O2. The Morgan fingerprint density at radius 1 is 1.62 bits per heavy atom. The van der Waals surface area contributed by atoms with Crippen molar-refractivity contribution in [3.8, 4) is 0 Å². The van der Waals surface area contributed by atoms with Crippen LogP contribution in [0.3, 0.4) is 0 Å². The van der Waals surface area contributed by atoms with Crippen LogP contribution in [0.5, 0.6) is 0 Å². The van der Waals surface area contributed by atoms with Gasteiger partial charge in [-0.2, -0.15) is 0 Å². The minimum Gasteiger partial charge on any atom is -0.382 e. The first-order valence-electron chi connectivity index (χ1n) is 3.74. The van der Waals surface area contributed by atoms with Crippen molar-refractivity contribution in [2.45, 2.75) is 6.92 Å². The van der Waals surface area contributed by atoms with E-state index in [9.17, 15) is 4.79 Å². The van der Waals surface area contributed by atoms with Gasteiger partial charge in [0.05, 0.1) is 6.61 Å². The third-order valence-corrected chi connectivity index (χ3v) is 1.25. The molecule has 3 N–H and O–H groups in total. The third kappa shape index (κ3) is 2.38. The fourth-order valence-electron chi connectivity index (χ4n) is 0.710. The summed E-state index contributed by atoms with van der Waals surface area (Å²) >= 11 is 0. The van der Waals surface area contributed by atoms with Gasteiger partial charge in [-0.05, 0) is 6.92 Å². The van der Waals surface area contributed by atoms with Crippen LogP contribution in [0.1, 0.15) is 17.4 Å². The summed E-state index contributed by atoms with van der Waals surface area (Å²) in [6.07, 6.45) is 2.80. The summed E-state index contributed by atoms with van der Waals surface area (Å²) in [6.45, 7) is 2.13. The zero-order chi connectivity index (χ0) is 9.68. The summed E-state index contributed by atoms with van der Waals surface area (Å²) < 4.78 is 0. The molecule has 70 valence electrons. The highest BCUT2D eigenvalue weighted by molar-refractivity contribution is 5.95. The van der Waals surface area contributed by atoms with Gasteiger partial charge in [0.2, 0.25) is 0 Å². The van der Waals surface area contributed by atoms with E-state index in [1.807, 2.05) is 0 Å². The Morgan fingerprint density at radius 2 is 2.31 bits per heavy atom. The van der Waals surface area contributed by atoms with Gasteiger partial charge < -0.3 is 5.73 Å². The number of hydrogen-bond acceptors (Lipinski definition) is 5. The lowest BCUT2D eigenvalue weighted by atomic mass is 10.4. The summed E-state index contributed by atoms with van der Waals surface area (Å²) in [4.78, 5) is 23.3. The molecular weight excluding hydrogens is 172 g/mol. The highest BCUT2D eigenvalue weighted by Crippen LogP contribution is 2.01. The molecule has 6 nitrogen and oxygen atoms in total. The van der Waals surface area contributed by atoms with Crippen molar-refractivity contribution in [2.24, 2.45) is 0 Å². The smallest absolute Gasteiger partial charge is 0.297 e. The van der Waals surface area contributed by atoms with Crippen molar-refractivity contribution < 1.29 is 9.63 Å². The van der Waals surface area contributed by atoms with Crippen LogP contribution in [0.15, 0.2) is 12.4 Å². The first kappa shape index (κ1) is 9.40. The number of rotatable bonds is 3. The highest BCUT2D eigenvalue weighted by atomic mass is 16.6. The van der Waals surface area contributed by atoms with E-state index in [0.717, 1.165) is 0 Å². The second-order valence-corrected chi connectivity index (χ2v) is 2.15. The molecule has 13 heavy (non-hydrogen) atoms. The maximum absolute atomic E-state index is 11.2. The molecule has 1 aromatic rings. The number of nitrogens with zero attached hydrogens (tertiary/aromatic N) is 2. The molecule has 0 aliphatic heterocycles. The first-order valence-corrected chi connectivity index (χ1v) is 3.74. The fourth-order valence-corrected chi connectivity index (χ4v) is 0.710. The second kappa shape index (κ2) is 4.36. The summed E-state index contributed by atoms with van der Waals surface area (Å²) in [5, 5.41) is 0. The lowest BCUT2D eigenvalue weighted by Crippen LogP contribution is -2.25. The molecule has 0 aliphatic carbocycles. The molecule has 1 amide bonds. The fraction of sp³-hybridized carbons (Fsp3) is 0.286. The molecule has 1 aromatic heterocycles. The number of carbonyl (C=O) groups excluding carboxylic acids is 1. The minimum atomic E-state index is -0.493. The monoisotopic (exact) mass is 182 g/mol. The van der Waals surface area contributed by atoms with Crippen LogP contribution in [-0.4, -0.2) is 22.5 Å². The van der Waals surface area contributed by atoms with Gasteiger partial charge in [-0.25, -0.2) is 15.4 Å². The molecule has 0 aliphatic rings. The number of nitrogen functional groups attached to an aromatic ring is 1. The Bertz CT molecular complexity index is 302. The maximum atomic E-state index is 11.2. The number of hydroxylamine groups is 1. The van der Waals surface area contributed by atoms with Crippen LogP contribution in [-0.2, 0) is 4.84 Å². The van der Waals surface area contributed by atoms with Crippen LogP contribution < -0.4 is 11.2 Å². The summed E-state index contributed by atoms with van der Waals surface area (Å²) in [5.41, 5.74) is 7.64. The van der Waals surface area contributed by atoms with Gasteiger partial charge >= 0.3 is 0 Å². The van der Waals surface area contributed by atoms with E-state index in [4.69, 9.17) is 5.73 Å². The van der Waals surface area contributed by atoms with Gasteiger partial charge in [0.1, 0.15) is 0 Å². The molecule has 1 heterocycles. The molecule has 0 saturated carbocycles. The summed E-state index contributed by atoms with van der Waals surface area (Å²) in [7, 11) is 0. The molecule has 0 saturated heterocycles. The number of anilines is 1. The SMILES string of the molecule is CCONC(=O)c1nccnc1N. The van der Waals surface area contributed by atoms with E-state index in [1.54, 1.807) is 6.92 Å². The zero-order valence-corrected chi connectivity index (χ0v) is 7.15. The Balaban J connectivity index is 2.71. The van der Waals surface area contributed by atoms with Gasteiger partial charge in [0, 0.05) is 12.4 Å². The van der Waals surface area contributed by atoms with Gasteiger partial charge in [-0.1, -0.05) is 0 Å². The Morgan fingerprint density at radius 3 is 2.92 bits per heavy atom. The second-order valence-electron chi connectivity index (χ2n) is 2.15. The number of nitrogens with one attached hydrogen (secondary N) is 1. The van der Waals surface area contributed by atoms with Gasteiger partial charge in [-0.15, -0.1) is 0 Å².